The van der Waals surface area contributed by atoms with Gasteiger partial charge in [0.05, 0.1) is 5.92 Å². The first-order valence-corrected chi connectivity index (χ1v) is 7.68. The molecule has 2 aliphatic heterocycles. The van der Waals surface area contributed by atoms with E-state index in [0.717, 1.165) is 0 Å². The number of anilines is 1. The van der Waals surface area contributed by atoms with Crippen molar-refractivity contribution in [3.63, 3.8) is 0 Å². The van der Waals surface area contributed by atoms with Gasteiger partial charge < -0.3 is 15.3 Å². The average molecular weight is 342 g/mol. The summed E-state index contributed by atoms with van der Waals surface area (Å²) in [4.78, 5) is 25.8. The lowest BCUT2D eigenvalue weighted by Crippen LogP contribution is -2.55. The summed E-state index contributed by atoms with van der Waals surface area (Å²) < 4.78 is 38.6. The predicted octanol–water partition coefficient (Wildman–Crippen LogP) is 2.03. The summed E-state index contributed by atoms with van der Waals surface area (Å²) in [7, 11) is 0. The Labute approximate surface area is 136 Å². The van der Waals surface area contributed by atoms with Gasteiger partial charge in [0, 0.05) is 38.0 Å². The molecule has 0 spiro atoms. The SMILES string of the molecule is O=C1CC(C(=O)N2CCC(O)(C(F)(F)F)CC2)c2ccccc2N1. The Balaban J connectivity index is 1.76. The van der Waals surface area contributed by atoms with Gasteiger partial charge in [0.1, 0.15) is 0 Å². The number of hydrogen-bond acceptors (Lipinski definition) is 3. The molecule has 0 bridgehead atoms. The van der Waals surface area contributed by atoms with E-state index in [1.165, 1.54) is 4.90 Å². The lowest BCUT2D eigenvalue weighted by atomic mass is 9.86. The van der Waals surface area contributed by atoms with Crippen molar-refractivity contribution in [1.29, 1.82) is 0 Å². The fourth-order valence-corrected chi connectivity index (χ4v) is 3.23. The molecule has 0 aromatic heterocycles. The zero-order chi connectivity index (χ0) is 17.5. The van der Waals surface area contributed by atoms with Crippen LogP contribution in [0.2, 0.25) is 0 Å². The van der Waals surface area contributed by atoms with Gasteiger partial charge in [0.15, 0.2) is 5.60 Å². The van der Waals surface area contributed by atoms with Gasteiger partial charge in [0.25, 0.3) is 0 Å². The largest absolute Gasteiger partial charge is 0.417 e. The average Bonchev–Trinajstić information content (AvgIpc) is 2.53. The van der Waals surface area contributed by atoms with E-state index in [4.69, 9.17) is 0 Å². The number of benzene rings is 1. The summed E-state index contributed by atoms with van der Waals surface area (Å²) in [5, 5.41) is 12.4. The first-order valence-electron chi connectivity index (χ1n) is 7.68. The van der Waals surface area contributed by atoms with Crippen LogP contribution in [-0.4, -0.2) is 46.7 Å². The number of para-hydroxylation sites is 1. The van der Waals surface area contributed by atoms with Crippen LogP contribution in [0, 0.1) is 0 Å². The van der Waals surface area contributed by atoms with Crippen LogP contribution in [0.15, 0.2) is 24.3 Å². The molecule has 0 aliphatic carbocycles. The maximum atomic E-state index is 12.9. The molecule has 8 heteroatoms. The number of likely N-dealkylation sites (tertiary alicyclic amines) is 1. The van der Waals surface area contributed by atoms with Crippen LogP contribution < -0.4 is 5.32 Å². The lowest BCUT2D eigenvalue weighted by molar-refractivity contribution is -0.272. The second-order valence-corrected chi connectivity index (χ2v) is 6.25. The number of carbonyl (C=O) groups is 2. The molecule has 2 aliphatic rings. The second-order valence-electron chi connectivity index (χ2n) is 6.25. The van der Waals surface area contributed by atoms with Crippen LogP contribution in [0.5, 0.6) is 0 Å². The highest BCUT2D eigenvalue weighted by atomic mass is 19.4. The fraction of sp³-hybridized carbons (Fsp3) is 0.500. The van der Waals surface area contributed by atoms with Gasteiger partial charge >= 0.3 is 6.18 Å². The fourth-order valence-electron chi connectivity index (χ4n) is 3.23. The van der Waals surface area contributed by atoms with Gasteiger partial charge in [-0.1, -0.05) is 18.2 Å². The molecule has 1 unspecified atom stereocenters. The first-order chi connectivity index (χ1) is 11.2. The summed E-state index contributed by atoms with van der Waals surface area (Å²) >= 11 is 0. The van der Waals surface area contributed by atoms with Crippen molar-refractivity contribution in [3.8, 4) is 0 Å². The van der Waals surface area contributed by atoms with Crippen LogP contribution in [0.4, 0.5) is 18.9 Å². The number of carbonyl (C=O) groups excluding carboxylic acids is 2. The van der Waals surface area contributed by atoms with Gasteiger partial charge in [-0.15, -0.1) is 0 Å². The molecule has 0 saturated carbocycles. The molecule has 5 nitrogen and oxygen atoms in total. The number of nitrogens with one attached hydrogen (secondary N) is 1. The Morgan fingerprint density at radius 3 is 2.50 bits per heavy atom. The van der Waals surface area contributed by atoms with Gasteiger partial charge in [-0.05, 0) is 11.6 Å². The van der Waals surface area contributed by atoms with Crippen molar-refractivity contribution >= 4 is 17.5 Å². The lowest BCUT2D eigenvalue weighted by Gasteiger charge is -2.40. The maximum Gasteiger partial charge on any atom is 0.417 e. The smallest absolute Gasteiger partial charge is 0.380 e. The summed E-state index contributed by atoms with van der Waals surface area (Å²) in [5.41, 5.74) is -1.53. The van der Waals surface area contributed by atoms with E-state index in [-0.39, 0.29) is 31.3 Å². The molecule has 1 aromatic carbocycles. The van der Waals surface area contributed by atoms with Gasteiger partial charge in [-0.3, -0.25) is 9.59 Å². The molecule has 2 N–H and O–H groups in total. The highest BCUT2D eigenvalue weighted by molar-refractivity contribution is 6.01. The summed E-state index contributed by atoms with van der Waals surface area (Å²) in [6.45, 7) is -0.371. The molecule has 1 atom stereocenters. The number of fused-ring (bicyclic) bond motifs is 1. The highest BCUT2D eigenvalue weighted by Gasteiger charge is 2.55. The molecule has 0 radical (unpaired) electrons. The molecule has 1 saturated heterocycles. The van der Waals surface area contributed by atoms with Crippen LogP contribution in [0.25, 0.3) is 0 Å². The Kier molecular flexibility index (Phi) is 4.03. The molecule has 24 heavy (non-hydrogen) atoms. The molecule has 2 heterocycles. The number of halogens is 3. The monoisotopic (exact) mass is 342 g/mol. The predicted molar refractivity (Wildman–Crippen MR) is 79.2 cm³/mol. The third kappa shape index (κ3) is 2.86. The number of rotatable bonds is 1. The van der Waals surface area contributed by atoms with E-state index in [0.29, 0.717) is 11.3 Å². The van der Waals surface area contributed by atoms with Crippen LogP contribution >= 0.6 is 0 Å². The standard InChI is InChI=1S/C16H17F3N2O3/c17-16(18,19)15(24)5-7-21(8-6-15)14(23)11-9-13(22)20-12-4-2-1-3-10(11)12/h1-4,11,24H,5-9H2,(H,20,22). The molecule has 130 valence electrons. The molecular formula is C16H17F3N2O3. The summed E-state index contributed by atoms with van der Waals surface area (Å²) in [5.74, 6) is -1.37. The van der Waals surface area contributed by atoms with E-state index < -0.39 is 30.5 Å². The van der Waals surface area contributed by atoms with E-state index in [1.54, 1.807) is 24.3 Å². The number of alkyl halides is 3. The third-order valence-electron chi connectivity index (χ3n) is 4.73. The van der Waals surface area contributed by atoms with Crippen LogP contribution in [-0.2, 0) is 9.59 Å². The minimum atomic E-state index is -4.71. The summed E-state index contributed by atoms with van der Waals surface area (Å²) in [6.07, 6.45) is -5.85. The van der Waals surface area contributed by atoms with Crippen molar-refractivity contribution in [2.75, 3.05) is 18.4 Å². The van der Waals surface area contributed by atoms with E-state index >= 15 is 0 Å². The van der Waals surface area contributed by atoms with Crippen molar-refractivity contribution in [2.45, 2.75) is 37.0 Å². The highest BCUT2D eigenvalue weighted by Crippen LogP contribution is 2.40. The Hall–Kier alpha value is -2.09. The molecule has 1 fully saturated rings. The van der Waals surface area contributed by atoms with Gasteiger partial charge in [-0.2, -0.15) is 13.2 Å². The van der Waals surface area contributed by atoms with Crippen molar-refractivity contribution in [1.82, 2.24) is 4.90 Å². The van der Waals surface area contributed by atoms with Gasteiger partial charge in [0.2, 0.25) is 11.8 Å². The van der Waals surface area contributed by atoms with Gasteiger partial charge in [-0.25, -0.2) is 0 Å². The quantitative estimate of drug-likeness (QED) is 0.820. The Morgan fingerprint density at radius 1 is 1.25 bits per heavy atom. The minimum Gasteiger partial charge on any atom is -0.380 e. The van der Waals surface area contributed by atoms with E-state index in [1.807, 2.05) is 0 Å². The molecule has 2 amide bonds. The number of aliphatic hydroxyl groups is 1. The topological polar surface area (TPSA) is 69.6 Å². The van der Waals surface area contributed by atoms with Crippen LogP contribution in [0.1, 0.15) is 30.7 Å². The van der Waals surface area contributed by atoms with Crippen LogP contribution in [0.3, 0.4) is 0 Å². The first kappa shape index (κ1) is 16.8. The number of amides is 2. The third-order valence-corrected chi connectivity index (χ3v) is 4.73. The molecule has 1 aromatic rings. The van der Waals surface area contributed by atoms with E-state index in [2.05, 4.69) is 5.32 Å². The maximum absolute atomic E-state index is 12.9. The normalized spacial score (nSPS) is 23.4. The van der Waals surface area contributed by atoms with E-state index in [9.17, 15) is 27.9 Å². The Morgan fingerprint density at radius 2 is 1.88 bits per heavy atom. The number of piperidine rings is 1. The molecule has 3 rings (SSSR count). The van der Waals surface area contributed by atoms with Crippen molar-refractivity contribution in [2.24, 2.45) is 0 Å². The van der Waals surface area contributed by atoms with Crippen molar-refractivity contribution < 1.29 is 27.9 Å². The Bertz CT molecular complexity index is 667. The zero-order valence-corrected chi connectivity index (χ0v) is 12.8. The minimum absolute atomic E-state index is 0.0319. The second kappa shape index (κ2) is 5.77. The molecular weight excluding hydrogens is 325 g/mol. The number of nitrogens with zero attached hydrogens (tertiary/aromatic N) is 1. The zero-order valence-electron chi connectivity index (χ0n) is 12.8. The van der Waals surface area contributed by atoms with Crippen molar-refractivity contribution in [3.05, 3.63) is 29.8 Å². The number of hydrogen-bond donors (Lipinski definition) is 2. The summed E-state index contributed by atoms with van der Waals surface area (Å²) in [6, 6.07) is 6.89.